The van der Waals surface area contributed by atoms with Crippen LogP contribution < -0.4 is 9.62 Å². The summed E-state index contributed by atoms with van der Waals surface area (Å²) in [5.41, 5.74) is 1.37. The summed E-state index contributed by atoms with van der Waals surface area (Å²) in [6.07, 6.45) is 0.524. The Morgan fingerprint density at radius 3 is 2.61 bits per heavy atom. The van der Waals surface area contributed by atoms with Crippen LogP contribution in [0.15, 0.2) is 34.7 Å². The fourth-order valence-corrected chi connectivity index (χ4v) is 4.83. The third-order valence-electron chi connectivity index (χ3n) is 5.42. The number of hydrogen-bond donors (Lipinski definition) is 2. The van der Waals surface area contributed by atoms with Gasteiger partial charge in [-0.15, -0.1) is 0 Å². The van der Waals surface area contributed by atoms with Gasteiger partial charge < -0.3 is 14.8 Å². The minimum Gasteiger partial charge on any atom is -0.437 e. The third kappa shape index (κ3) is 3.77. The number of aliphatic hydroxyl groups excluding tert-OH is 1. The van der Waals surface area contributed by atoms with Crippen LogP contribution in [0.3, 0.4) is 0 Å². The number of rotatable bonds is 3. The van der Waals surface area contributed by atoms with Crippen LogP contribution in [0.1, 0.15) is 35.2 Å². The Balaban J connectivity index is 2.03. The molecule has 0 fully saturated rings. The molecule has 0 aliphatic carbocycles. The molecule has 0 spiro atoms. The lowest BCUT2D eigenvalue weighted by Gasteiger charge is -2.22. The Bertz CT molecular complexity index is 1270. The Morgan fingerprint density at radius 2 is 2.00 bits per heavy atom. The molecule has 0 bridgehead atoms. The number of anilines is 1. The largest absolute Gasteiger partial charge is 0.437 e. The van der Waals surface area contributed by atoms with E-state index in [1.165, 1.54) is 31.3 Å². The zero-order chi connectivity index (χ0) is 22.5. The van der Waals surface area contributed by atoms with Crippen molar-refractivity contribution in [1.29, 1.82) is 0 Å². The number of carbonyl (C=O) groups is 1. The molecular weight excluding hydrogens is 425 g/mol. The van der Waals surface area contributed by atoms with Crippen LogP contribution in [0.4, 0.5) is 10.2 Å². The highest BCUT2D eigenvalue weighted by Crippen LogP contribution is 2.40. The number of benzene rings is 1. The van der Waals surface area contributed by atoms with Crippen molar-refractivity contribution in [2.24, 2.45) is 0 Å². The van der Waals surface area contributed by atoms with E-state index in [1.807, 2.05) is 6.92 Å². The SMILES string of the molecule is CNC(=O)c1c(-c2ccc(F)cc2)oc2nc3c(cc12)[C@@H](C)C[C@H](O)CN3S(C)(=O)=O. The molecule has 0 unspecified atom stereocenters. The molecule has 3 aromatic rings. The zero-order valence-electron chi connectivity index (χ0n) is 17.2. The predicted molar refractivity (Wildman–Crippen MR) is 114 cm³/mol. The van der Waals surface area contributed by atoms with E-state index >= 15 is 0 Å². The number of carbonyl (C=O) groups excluding carboxylic acids is 1. The molecule has 1 aromatic carbocycles. The number of aliphatic hydroxyl groups is 1. The Hall–Kier alpha value is -2.98. The lowest BCUT2D eigenvalue weighted by Crippen LogP contribution is -2.36. The predicted octanol–water partition coefficient (Wildman–Crippen LogP) is 2.63. The van der Waals surface area contributed by atoms with Gasteiger partial charge in [0, 0.05) is 12.6 Å². The first-order chi connectivity index (χ1) is 14.6. The molecule has 31 heavy (non-hydrogen) atoms. The van der Waals surface area contributed by atoms with E-state index in [2.05, 4.69) is 10.3 Å². The van der Waals surface area contributed by atoms with Crippen molar-refractivity contribution in [3.63, 3.8) is 0 Å². The van der Waals surface area contributed by atoms with Gasteiger partial charge in [0.05, 0.1) is 29.9 Å². The number of halogens is 1. The number of amides is 1. The number of aromatic nitrogens is 1. The molecule has 10 heteroatoms. The molecule has 1 aliphatic rings. The fraction of sp³-hybridized carbons (Fsp3) is 0.333. The molecule has 2 atom stereocenters. The summed E-state index contributed by atoms with van der Waals surface area (Å²) in [6, 6.07) is 7.19. The highest BCUT2D eigenvalue weighted by molar-refractivity contribution is 7.92. The molecule has 4 rings (SSSR count). The molecule has 8 nitrogen and oxygen atoms in total. The van der Waals surface area contributed by atoms with E-state index < -0.39 is 27.9 Å². The molecule has 0 radical (unpaired) electrons. The van der Waals surface area contributed by atoms with Crippen LogP contribution in [0.2, 0.25) is 0 Å². The number of β-amino-alcohol motifs (C(OH)–C–C–N with tert-alkyl or cyclic N) is 1. The second-order valence-electron chi connectivity index (χ2n) is 7.73. The molecular formula is C21H22FN3O5S. The number of pyridine rings is 1. The second kappa shape index (κ2) is 7.61. The molecule has 0 saturated carbocycles. The average molecular weight is 447 g/mol. The summed E-state index contributed by atoms with van der Waals surface area (Å²) in [4.78, 5) is 17.2. The minimum atomic E-state index is -3.72. The lowest BCUT2D eigenvalue weighted by molar-refractivity contribution is 0.0964. The molecule has 1 amide bonds. The standard InChI is InChI=1S/C21H22FN3O5S/c1-11-8-14(26)10-25(31(3,28)29)19-15(11)9-16-17(20(27)23-2)18(30-21(16)24-19)12-4-6-13(22)7-5-12/h4-7,9,11,14,26H,8,10H2,1-3H3,(H,23,27)/t11-,14-/m0/s1. The van der Waals surface area contributed by atoms with Gasteiger partial charge in [0.2, 0.25) is 15.7 Å². The Kier molecular flexibility index (Phi) is 5.22. The van der Waals surface area contributed by atoms with Crippen molar-refractivity contribution < 1.29 is 27.1 Å². The van der Waals surface area contributed by atoms with Gasteiger partial charge in [-0.2, -0.15) is 4.98 Å². The van der Waals surface area contributed by atoms with Crippen LogP contribution in [0.5, 0.6) is 0 Å². The Morgan fingerprint density at radius 1 is 1.32 bits per heavy atom. The first kappa shape index (κ1) is 21.3. The van der Waals surface area contributed by atoms with Gasteiger partial charge in [-0.3, -0.25) is 9.10 Å². The summed E-state index contributed by atoms with van der Waals surface area (Å²) in [7, 11) is -2.24. The summed E-state index contributed by atoms with van der Waals surface area (Å²) in [6.45, 7) is 1.74. The number of nitrogens with one attached hydrogen (secondary N) is 1. The number of hydrogen-bond acceptors (Lipinski definition) is 6. The van der Waals surface area contributed by atoms with Gasteiger partial charge in [0.1, 0.15) is 17.4 Å². The highest BCUT2D eigenvalue weighted by Gasteiger charge is 2.33. The molecule has 1 aliphatic heterocycles. The van der Waals surface area contributed by atoms with Crippen molar-refractivity contribution >= 4 is 32.8 Å². The van der Waals surface area contributed by atoms with Crippen LogP contribution in [0.25, 0.3) is 22.4 Å². The summed E-state index contributed by atoms with van der Waals surface area (Å²) >= 11 is 0. The lowest BCUT2D eigenvalue weighted by atomic mass is 9.95. The molecule has 2 aromatic heterocycles. The number of nitrogens with zero attached hydrogens (tertiary/aromatic N) is 2. The third-order valence-corrected chi connectivity index (χ3v) is 6.54. The second-order valence-corrected chi connectivity index (χ2v) is 9.64. The van der Waals surface area contributed by atoms with E-state index in [0.717, 1.165) is 10.6 Å². The topological polar surface area (TPSA) is 113 Å². The fourth-order valence-electron chi connectivity index (χ4n) is 3.93. The van der Waals surface area contributed by atoms with Crippen molar-refractivity contribution in [2.45, 2.75) is 25.4 Å². The summed E-state index contributed by atoms with van der Waals surface area (Å²) < 4.78 is 45.2. The zero-order valence-corrected chi connectivity index (χ0v) is 18.0. The maximum Gasteiger partial charge on any atom is 0.255 e. The van der Waals surface area contributed by atoms with Gasteiger partial charge in [0.25, 0.3) is 5.91 Å². The van der Waals surface area contributed by atoms with E-state index in [9.17, 15) is 22.7 Å². The van der Waals surface area contributed by atoms with Crippen LogP contribution in [-0.2, 0) is 10.0 Å². The number of furan rings is 1. The van der Waals surface area contributed by atoms with Gasteiger partial charge in [-0.1, -0.05) is 6.92 Å². The normalized spacial score (nSPS) is 19.2. The van der Waals surface area contributed by atoms with Crippen molar-refractivity contribution in [3.05, 3.63) is 47.3 Å². The van der Waals surface area contributed by atoms with E-state index in [0.29, 0.717) is 22.9 Å². The molecule has 3 heterocycles. The summed E-state index contributed by atoms with van der Waals surface area (Å²) in [5.74, 6) is -0.679. The summed E-state index contributed by atoms with van der Waals surface area (Å²) in [5, 5.41) is 13.3. The van der Waals surface area contributed by atoms with Crippen molar-refractivity contribution in [2.75, 3.05) is 24.2 Å². The molecule has 0 saturated heterocycles. The van der Waals surface area contributed by atoms with Gasteiger partial charge in [0.15, 0.2) is 0 Å². The highest BCUT2D eigenvalue weighted by atomic mass is 32.2. The van der Waals surface area contributed by atoms with E-state index in [-0.39, 0.29) is 35.3 Å². The molecule has 2 N–H and O–H groups in total. The van der Waals surface area contributed by atoms with Crippen LogP contribution in [0, 0.1) is 5.82 Å². The van der Waals surface area contributed by atoms with E-state index in [1.54, 1.807) is 6.07 Å². The first-order valence-electron chi connectivity index (χ1n) is 9.71. The minimum absolute atomic E-state index is 0.0777. The Labute approximate surface area is 178 Å². The van der Waals surface area contributed by atoms with Gasteiger partial charge in [-0.25, -0.2) is 12.8 Å². The average Bonchev–Trinajstić information content (AvgIpc) is 3.02. The number of fused-ring (bicyclic) bond motifs is 2. The van der Waals surface area contributed by atoms with Crippen molar-refractivity contribution in [1.82, 2.24) is 10.3 Å². The van der Waals surface area contributed by atoms with Gasteiger partial charge >= 0.3 is 0 Å². The van der Waals surface area contributed by atoms with Crippen molar-refractivity contribution in [3.8, 4) is 11.3 Å². The van der Waals surface area contributed by atoms with Crippen LogP contribution >= 0.6 is 0 Å². The maximum atomic E-state index is 13.4. The van der Waals surface area contributed by atoms with E-state index in [4.69, 9.17) is 4.42 Å². The van der Waals surface area contributed by atoms with Crippen LogP contribution in [-0.4, -0.2) is 50.4 Å². The first-order valence-corrected chi connectivity index (χ1v) is 11.6. The maximum absolute atomic E-state index is 13.4. The van der Waals surface area contributed by atoms with Gasteiger partial charge in [-0.05, 0) is 48.2 Å². The number of sulfonamides is 1. The smallest absolute Gasteiger partial charge is 0.255 e. The quantitative estimate of drug-likeness (QED) is 0.638. The molecule has 164 valence electrons. The monoisotopic (exact) mass is 447 g/mol.